The van der Waals surface area contributed by atoms with Gasteiger partial charge in [0, 0.05) is 11.6 Å². The second-order valence-electron chi connectivity index (χ2n) is 3.91. The monoisotopic (exact) mass is 220 g/mol. The molecular formula is C13H16O3. The van der Waals surface area contributed by atoms with Gasteiger partial charge in [-0.05, 0) is 18.1 Å². The fraction of sp³-hybridized carbons (Fsp3) is 0.308. The van der Waals surface area contributed by atoms with Crippen LogP contribution in [0.1, 0.15) is 19.4 Å². The van der Waals surface area contributed by atoms with Crippen LogP contribution in [0.25, 0.3) is 6.08 Å². The van der Waals surface area contributed by atoms with Crippen molar-refractivity contribution in [3.63, 3.8) is 0 Å². The van der Waals surface area contributed by atoms with E-state index in [0.717, 1.165) is 11.6 Å². The normalized spacial score (nSPS) is 10.9. The molecule has 0 radical (unpaired) electrons. The van der Waals surface area contributed by atoms with Crippen molar-refractivity contribution in [3.05, 3.63) is 35.9 Å². The highest BCUT2D eigenvalue weighted by Gasteiger charge is 2.01. The minimum Gasteiger partial charge on any atom is -0.493 e. The van der Waals surface area contributed by atoms with Gasteiger partial charge in [0.25, 0.3) is 0 Å². The van der Waals surface area contributed by atoms with E-state index in [1.54, 1.807) is 0 Å². The predicted octanol–water partition coefficient (Wildman–Crippen LogP) is 2.82. The molecule has 0 saturated carbocycles. The van der Waals surface area contributed by atoms with E-state index in [9.17, 15) is 4.79 Å². The summed E-state index contributed by atoms with van der Waals surface area (Å²) < 4.78 is 5.59. The number of carboxylic acids is 1. The molecule has 1 aromatic rings. The molecule has 1 N–H and O–H groups in total. The van der Waals surface area contributed by atoms with Crippen molar-refractivity contribution in [3.8, 4) is 5.75 Å². The molecular weight excluding hydrogens is 204 g/mol. The van der Waals surface area contributed by atoms with Crippen molar-refractivity contribution in [2.24, 2.45) is 5.92 Å². The van der Waals surface area contributed by atoms with E-state index in [-0.39, 0.29) is 0 Å². The van der Waals surface area contributed by atoms with E-state index < -0.39 is 5.97 Å². The molecule has 0 unspecified atom stereocenters. The number of hydrogen-bond donors (Lipinski definition) is 1. The van der Waals surface area contributed by atoms with Gasteiger partial charge < -0.3 is 9.84 Å². The summed E-state index contributed by atoms with van der Waals surface area (Å²) in [4.78, 5) is 10.4. The summed E-state index contributed by atoms with van der Waals surface area (Å²) in [5, 5.41) is 8.56. The summed E-state index contributed by atoms with van der Waals surface area (Å²) in [6.45, 7) is 4.75. The number of ether oxygens (including phenoxy) is 1. The van der Waals surface area contributed by atoms with Crippen LogP contribution in [0, 0.1) is 5.92 Å². The second kappa shape index (κ2) is 5.95. The highest BCUT2D eigenvalue weighted by molar-refractivity contribution is 5.85. The summed E-state index contributed by atoms with van der Waals surface area (Å²) in [7, 11) is 0. The lowest BCUT2D eigenvalue weighted by Gasteiger charge is -2.10. The summed E-state index contributed by atoms with van der Waals surface area (Å²) in [5.41, 5.74) is 0.783. The fourth-order valence-electron chi connectivity index (χ4n) is 1.17. The van der Waals surface area contributed by atoms with E-state index in [4.69, 9.17) is 9.84 Å². The smallest absolute Gasteiger partial charge is 0.328 e. The lowest BCUT2D eigenvalue weighted by molar-refractivity contribution is -0.131. The largest absolute Gasteiger partial charge is 0.493 e. The van der Waals surface area contributed by atoms with E-state index in [1.807, 2.05) is 24.3 Å². The third-order valence-corrected chi connectivity index (χ3v) is 1.90. The summed E-state index contributed by atoms with van der Waals surface area (Å²) in [5.74, 6) is 0.198. The van der Waals surface area contributed by atoms with Crippen LogP contribution in [-0.2, 0) is 4.79 Å². The van der Waals surface area contributed by atoms with Gasteiger partial charge in [-0.2, -0.15) is 0 Å². The van der Waals surface area contributed by atoms with Gasteiger partial charge in [0.2, 0.25) is 0 Å². The molecule has 0 spiro atoms. The first-order valence-corrected chi connectivity index (χ1v) is 5.22. The van der Waals surface area contributed by atoms with Crippen LogP contribution >= 0.6 is 0 Å². The molecule has 3 heteroatoms. The van der Waals surface area contributed by atoms with Gasteiger partial charge >= 0.3 is 5.97 Å². The Hall–Kier alpha value is -1.77. The zero-order valence-electron chi connectivity index (χ0n) is 9.51. The Labute approximate surface area is 95.4 Å². The number of benzene rings is 1. The first-order valence-electron chi connectivity index (χ1n) is 5.22. The van der Waals surface area contributed by atoms with E-state index in [2.05, 4.69) is 13.8 Å². The quantitative estimate of drug-likeness (QED) is 0.776. The minimum atomic E-state index is -0.960. The number of carbonyl (C=O) groups is 1. The van der Waals surface area contributed by atoms with Gasteiger partial charge in [-0.1, -0.05) is 32.0 Å². The third kappa shape index (κ3) is 4.17. The van der Waals surface area contributed by atoms with Gasteiger partial charge in [-0.25, -0.2) is 4.79 Å². The second-order valence-corrected chi connectivity index (χ2v) is 3.91. The highest BCUT2D eigenvalue weighted by Crippen LogP contribution is 2.20. The van der Waals surface area contributed by atoms with Crippen molar-refractivity contribution in [1.82, 2.24) is 0 Å². The van der Waals surface area contributed by atoms with Gasteiger partial charge in [0.1, 0.15) is 5.75 Å². The lowest BCUT2D eigenvalue weighted by atomic mass is 10.2. The Morgan fingerprint density at radius 3 is 2.75 bits per heavy atom. The summed E-state index contributed by atoms with van der Waals surface area (Å²) in [6.07, 6.45) is 2.65. The van der Waals surface area contributed by atoms with Crippen LogP contribution in [0.4, 0.5) is 0 Å². The Balaban J connectivity index is 2.79. The molecule has 0 aromatic heterocycles. The first kappa shape index (κ1) is 12.3. The zero-order chi connectivity index (χ0) is 12.0. The first-order chi connectivity index (χ1) is 7.59. The van der Waals surface area contributed by atoms with Crippen LogP contribution in [0.5, 0.6) is 5.75 Å². The van der Waals surface area contributed by atoms with Crippen molar-refractivity contribution in [2.45, 2.75) is 13.8 Å². The molecule has 0 aliphatic rings. The number of carboxylic acid groups (broad SMARTS) is 1. The van der Waals surface area contributed by atoms with Crippen LogP contribution in [0.2, 0.25) is 0 Å². The van der Waals surface area contributed by atoms with Gasteiger partial charge in [-0.15, -0.1) is 0 Å². The molecule has 0 atom stereocenters. The Morgan fingerprint density at radius 1 is 1.44 bits per heavy atom. The van der Waals surface area contributed by atoms with E-state index >= 15 is 0 Å². The van der Waals surface area contributed by atoms with Crippen molar-refractivity contribution < 1.29 is 14.6 Å². The molecule has 1 rings (SSSR count). The Bertz CT molecular complexity index is 381. The molecule has 0 heterocycles. The molecule has 0 amide bonds. The minimum absolute atomic E-state index is 0.441. The van der Waals surface area contributed by atoms with Crippen molar-refractivity contribution in [2.75, 3.05) is 6.61 Å². The Kier molecular flexibility index (Phi) is 4.58. The SMILES string of the molecule is CC(C)COc1ccccc1C=CC(=O)O. The summed E-state index contributed by atoms with van der Waals surface area (Å²) in [6, 6.07) is 7.39. The third-order valence-electron chi connectivity index (χ3n) is 1.90. The standard InChI is InChI=1S/C13H16O3/c1-10(2)9-16-12-6-4-3-5-11(12)7-8-13(14)15/h3-8,10H,9H2,1-2H3,(H,14,15). The maximum atomic E-state index is 10.4. The maximum Gasteiger partial charge on any atom is 0.328 e. The lowest BCUT2D eigenvalue weighted by Crippen LogP contribution is -2.05. The van der Waals surface area contributed by atoms with Gasteiger partial charge in [-0.3, -0.25) is 0 Å². The van der Waals surface area contributed by atoms with Crippen molar-refractivity contribution in [1.29, 1.82) is 0 Å². The average Bonchev–Trinajstić information content (AvgIpc) is 2.24. The molecule has 3 nitrogen and oxygen atoms in total. The molecule has 1 aromatic carbocycles. The number of para-hydroxylation sites is 1. The topological polar surface area (TPSA) is 46.5 Å². The van der Waals surface area contributed by atoms with Crippen molar-refractivity contribution >= 4 is 12.0 Å². The maximum absolute atomic E-state index is 10.4. The van der Waals surface area contributed by atoms with Gasteiger partial charge in [0.15, 0.2) is 0 Å². The number of hydrogen-bond acceptors (Lipinski definition) is 2. The Morgan fingerprint density at radius 2 is 2.12 bits per heavy atom. The van der Waals surface area contributed by atoms with Crippen LogP contribution in [0.3, 0.4) is 0 Å². The molecule has 86 valence electrons. The van der Waals surface area contributed by atoms with Crippen LogP contribution < -0.4 is 4.74 Å². The molecule has 0 saturated heterocycles. The van der Waals surface area contributed by atoms with Crippen LogP contribution in [0.15, 0.2) is 30.3 Å². The van der Waals surface area contributed by atoms with Crippen LogP contribution in [-0.4, -0.2) is 17.7 Å². The highest BCUT2D eigenvalue weighted by atomic mass is 16.5. The molecule has 0 aliphatic heterocycles. The fourth-order valence-corrected chi connectivity index (χ4v) is 1.17. The number of aliphatic carboxylic acids is 1. The molecule has 0 bridgehead atoms. The van der Waals surface area contributed by atoms with E-state index in [1.165, 1.54) is 6.08 Å². The average molecular weight is 220 g/mol. The predicted molar refractivity (Wildman–Crippen MR) is 63.4 cm³/mol. The molecule has 16 heavy (non-hydrogen) atoms. The van der Waals surface area contributed by atoms with Gasteiger partial charge in [0.05, 0.1) is 6.61 Å². The summed E-state index contributed by atoms with van der Waals surface area (Å²) >= 11 is 0. The van der Waals surface area contributed by atoms with E-state index in [0.29, 0.717) is 18.3 Å². The zero-order valence-corrected chi connectivity index (χ0v) is 9.51. The molecule has 0 fully saturated rings. The number of rotatable bonds is 5. The molecule has 0 aliphatic carbocycles.